The first-order chi connectivity index (χ1) is 8.85. The molecule has 0 aliphatic rings. The van der Waals surface area contributed by atoms with Crippen molar-refractivity contribution in [2.75, 3.05) is 5.32 Å². The van der Waals surface area contributed by atoms with Crippen LogP contribution < -0.4 is 11.1 Å². The number of aromatic nitrogens is 1. The standard InChI is InChI=1S/C14H21N3OS/c1-5-14(6-2,12(15)19)13(18)17-11-8-9(3)7-10(4)16-11/h7-8H,5-6H2,1-4H3,(H2,15,19)(H,16,17,18). The Morgan fingerprint density at radius 2 is 1.95 bits per heavy atom. The fraction of sp³-hybridized carbons (Fsp3) is 0.500. The summed E-state index contributed by atoms with van der Waals surface area (Å²) >= 11 is 5.07. The molecule has 1 aromatic rings. The van der Waals surface area contributed by atoms with Crippen LogP contribution in [-0.2, 0) is 4.79 Å². The van der Waals surface area contributed by atoms with Gasteiger partial charge in [-0.15, -0.1) is 0 Å². The number of carbonyl (C=O) groups is 1. The quantitative estimate of drug-likeness (QED) is 0.813. The zero-order valence-electron chi connectivity index (χ0n) is 11.9. The fourth-order valence-corrected chi connectivity index (χ4v) is 2.55. The van der Waals surface area contributed by atoms with Crippen molar-refractivity contribution in [3.8, 4) is 0 Å². The summed E-state index contributed by atoms with van der Waals surface area (Å²) in [5.41, 5.74) is 6.88. The van der Waals surface area contributed by atoms with Crippen molar-refractivity contribution in [1.82, 2.24) is 4.98 Å². The maximum Gasteiger partial charge on any atom is 0.238 e. The first kappa shape index (κ1) is 15.6. The van der Waals surface area contributed by atoms with Crippen LogP contribution in [0.3, 0.4) is 0 Å². The zero-order chi connectivity index (χ0) is 14.6. The molecule has 104 valence electrons. The molecular weight excluding hydrogens is 258 g/mol. The third-order valence-electron chi connectivity index (χ3n) is 3.45. The third kappa shape index (κ3) is 3.29. The summed E-state index contributed by atoms with van der Waals surface area (Å²) in [6.07, 6.45) is 1.16. The summed E-state index contributed by atoms with van der Waals surface area (Å²) in [7, 11) is 0. The van der Waals surface area contributed by atoms with Crippen LogP contribution in [0.5, 0.6) is 0 Å². The highest BCUT2D eigenvalue weighted by molar-refractivity contribution is 7.80. The normalized spacial score (nSPS) is 11.2. The second kappa shape index (κ2) is 6.10. The van der Waals surface area contributed by atoms with Gasteiger partial charge in [0.25, 0.3) is 0 Å². The maximum absolute atomic E-state index is 12.4. The van der Waals surface area contributed by atoms with Gasteiger partial charge >= 0.3 is 0 Å². The Morgan fingerprint density at radius 1 is 1.37 bits per heavy atom. The summed E-state index contributed by atoms with van der Waals surface area (Å²) in [6.45, 7) is 7.68. The smallest absolute Gasteiger partial charge is 0.238 e. The van der Waals surface area contributed by atoms with Crippen molar-refractivity contribution in [3.05, 3.63) is 23.4 Å². The number of anilines is 1. The van der Waals surface area contributed by atoms with Gasteiger partial charge in [0.15, 0.2) is 0 Å². The van der Waals surface area contributed by atoms with E-state index in [9.17, 15) is 4.79 Å². The molecule has 0 unspecified atom stereocenters. The Bertz CT molecular complexity index is 475. The Hall–Kier alpha value is -1.49. The van der Waals surface area contributed by atoms with Crippen molar-refractivity contribution in [3.63, 3.8) is 0 Å². The van der Waals surface area contributed by atoms with E-state index < -0.39 is 5.41 Å². The van der Waals surface area contributed by atoms with Crippen LogP contribution in [-0.4, -0.2) is 15.9 Å². The van der Waals surface area contributed by atoms with Crippen molar-refractivity contribution in [2.24, 2.45) is 11.1 Å². The lowest BCUT2D eigenvalue weighted by Gasteiger charge is -2.28. The van der Waals surface area contributed by atoms with Crippen LogP contribution in [0.25, 0.3) is 0 Å². The number of amides is 1. The van der Waals surface area contributed by atoms with Gasteiger partial charge < -0.3 is 11.1 Å². The van der Waals surface area contributed by atoms with Crippen molar-refractivity contribution in [1.29, 1.82) is 0 Å². The van der Waals surface area contributed by atoms with Gasteiger partial charge in [-0.25, -0.2) is 4.98 Å². The van der Waals surface area contributed by atoms with E-state index >= 15 is 0 Å². The first-order valence-corrected chi connectivity index (χ1v) is 6.83. The topological polar surface area (TPSA) is 68.0 Å². The van der Waals surface area contributed by atoms with E-state index in [4.69, 9.17) is 18.0 Å². The minimum absolute atomic E-state index is 0.178. The highest BCUT2D eigenvalue weighted by atomic mass is 32.1. The Labute approximate surface area is 119 Å². The number of thiocarbonyl (C=S) groups is 1. The van der Waals surface area contributed by atoms with Gasteiger partial charge in [0.05, 0.1) is 10.4 Å². The van der Waals surface area contributed by atoms with E-state index in [1.54, 1.807) is 0 Å². The number of aryl methyl sites for hydroxylation is 2. The molecule has 0 saturated carbocycles. The van der Waals surface area contributed by atoms with Gasteiger partial charge in [0.1, 0.15) is 5.82 Å². The summed E-state index contributed by atoms with van der Waals surface area (Å²) < 4.78 is 0. The molecule has 1 aromatic heterocycles. The van der Waals surface area contributed by atoms with E-state index in [1.165, 1.54) is 0 Å². The molecule has 0 fully saturated rings. The lowest BCUT2D eigenvalue weighted by atomic mass is 9.81. The predicted molar refractivity (Wildman–Crippen MR) is 82.1 cm³/mol. The van der Waals surface area contributed by atoms with Crippen LogP contribution >= 0.6 is 12.2 Å². The Balaban J connectivity index is 3.03. The molecule has 1 rings (SSSR count). The molecule has 1 heterocycles. The minimum atomic E-state index is -0.797. The Kier molecular flexibility index (Phi) is 5.00. The average Bonchev–Trinajstić information content (AvgIpc) is 2.29. The van der Waals surface area contributed by atoms with Crippen LogP contribution in [0.1, 0.15) is 37.9 Å². The van der Waals surface area contributed by atoms with Crippen molar-refractivity contribution >= 4 is 28.9 Å². The number of pyridine rings is 1. The summed E-state index contributed by atoms with van der Waals surface area (Å²) in [6, 6.07) is 3.79. The molecule has 0 bridgehead atoms. The Morgan fingerprint density at radius 3 is 2.37 bits per heavy atom. The molecule has 0 aromatic carbocycles. The second-order valence-corrected chi connectivity index (χ2v) is 5.22. The van der Waals surface area contributed by atoms with E-state index in [0.717, 1.165) is 11.3 Å². The molecule has 0 radical (unpaired) electrons. The molecule has 0 atom stereocenters. The number of hydrogen-bond donors (Lipinski definition) is 2. The van der Waals surface area contributed by atoms with Gasteiger partial charge in [-0.1, -0.05) is 26.1 Å². The highest BCUT2D eigenvalue weighted by Crippen LogP contribution is 2.28. The van der Waals surface area contributed by atoms with Crippen LogP contribution in [0.4, 0.5) is 5.82 Å². The van der Waals surface area contributed by atoms with Crippen LogP contribution in [0.15, 0.2) is 12.1 Å². The molecule has 1 amide bonds. The van der Waals surface area contributed by atoms with E-state index in [1.807, 2.05) is 39.8 Å². The molecule has 3 N–H and O–H groups in total. The van der Waals surface area contributed by atoms with Crippen molar-refractivity contribution in [2.45, 2.75) is 40.5 Å². The summed E-state index contributed by atoms with van der Waals surface area (Å²) in [5.74, 6) is 0.368. The van der Waals surface area contributed by atoms with Gasteiger partial charge in [-0.3, -0.25) is 4.79 Å². The monoisotopic (exact) mass is 279 g/mol. The van der Waals surface area contributed by atoms with Gasteiger partial charge in [0, 0.05) is 5.69 Å². The summed E-state index contributed by atoms with van der Waals surface area (Å²) in [5, 5.41) is 2.83. The number of nitrogens with one attached hydrogen (secondary N) is 1. The minimum Gasteiger partial charge on any atom is -0.392 e. The lowest BCUT2D eigenvalue weighted by molar-refractivity contribution is -0.122. The van der Waals surface area contributed by atoms with Crippen LogP contribution in [0, 0.1) is 19.3 Å². The maximum atomic E-state index is 12.4. The van der Waals surface area contributed by atoms with Gasteiger partial charge in [0.2, 0.25) is 5.91 Å². The van der Waals surface area contributed by atoms with E-state index in [2.05, 4.69) is 10.3 Å². The molecule has 0 aliphatic heterocycles. The molecule has 0 aliphatic carbocycles. The molecule has 0 spiro atoms. The molecule has 5 heteroatoms. The van der Waals surface area contributed by atoms with E-state index in [-0.39, 0.29) is 10.9 Å². The second-order valence-electron chi connectivity index (χ2n) is 4.78. The molecule has 0 saturated heterocycles. The first-order valence-electron chi connectivity index (χ1n) is 6.42. The van der Waals surface area contributed by atoms with Crippen molar-refractivity contribution < 1.29 is 4.79 Å². The summed E-state index contributed by atoms with van der Waals surface area (Å²) in [4.78, 5) is 17.0. The molecular formula is C14H21N3OS. The van der Waals surface area contributed by atoms with Gasteiger partial charge in [-0.2, -0.15) is 0 Å². The number of rotatable bonds is 5. The fourth-order valence-electron chi connectivity index (χ4n) is 2.17. The molecule has 4 nitrogen and oxygen atoms in total. The average molecular weight is 279 g/mol. The number of hydrogen-bond acceptors (Lipinski definition) is 3. The van der Waals surface area contributed by atoms with Gasteiger partial charge in [-0.05, 0) is 44.4 Å². The predicted octanol–water partition coefficient (Wildman–Crippen LogP) is 2.73. The van der Waals surface area contributed by atoms with E-state index in [0.29, 0.717) is 18.7 Å². The number of carbonyl (C=O) groups excluding carboxylic acids is 1. The van der Waals surface area contributed by atoms with Crippen LogP contribution in [0.2, 0.25) is 0 Å². The largest absolute Gasteiger partial charge is 0.392 e. The lowest BCUT2D eigenvalue weighted by Crippen LogP contribution is -2.45. The zero-order valence-corrected chi connectivity index (χ0v) is 12.7. The number of nitrogens with two attached hydrogens (primary N) is 1. The highest BCUT2D eigenvalue weighted by Gasteiger charge is 2.38. The third-order valence-corrected chi connectivity index (χ3v) is 3.84. The number of nitrogens with zero attached hydrogens (tertiary/aromatic N) is 1. The molecule has 19 heavy (non-hydrogen) atoms. The SMILES string of the molecule is CCC(CC)(C(=O)Nc1cc(C)cc(C)n1)C(N)=S.